The van der Waals surface area contributed by atoms with E-state index in [1.54, 1.807) is 12.1 Å². The Kier molecular flexibility index (Phi) is 4.36. The fraction of sp³-hybridized carbons (Fsp3) is 0.200. The lowest BCUT2D eigenvalue weighted by Gasteiger charge is -2.07. The third kappa shape index (κ3) is 3.69. The average molecular weight is 261 g/mol. The van der Waals surface area contributed by atoms with Crippen LogP contribution in [0.5, 0.6) is 5.75 Å². The number of nitrogens with two attached hydrogens (primary N) is 1. The number of nitrogen functional groups attached to an aromatic ring is 1. The first-order chi connectivity index (χ1) is 9.19. The van der Waals surface area contributed by atoms with E-state index in [4.69, 9.17) is 15.2 Å². The van der Waals surface area contributed by atoms with Gasteiger partial charge in [-0.3, -0.25) is 0 Å². The van der Waals surface area contributed by atoms with Gasteiger partial charge in [-0.25, -0.2) is 4.39 Å². The van der Waals surface area contributed by atoms with E-state index in [2.05, 4.69) is 0 Å². The van der Waals surface area contributed by atoms with E-state index in [0.29, 0.717) is 23.6 Å². The molecule has 0 amide bonds. The molecule has 2 aromatic rings. The molecule has 3 nitrogen and oxygen atoms in total. The molecule has 0 heterocycles. The standard InChI is InChI=1S/C15H16FNO2/c1-18-14-7-4-12(15(16)8-14)10-19-9-11-2-5-13(17)6-3-11/h2-8H,9-10,17H2,1H3. The van der Waals surface area contributed by atoms with Crippen LogP contribution in [0.2, 0.25) is 0 Å². The second kappa shape index (κ2) is 6.20. The number of hydrogen-bond acceptors (Lipinski definition) is 3. The zero-order chi connectivity index (χ0) is 13.7. The molecule has 0 saturated carbocycles. The quantitative estimate of drug-likeness (QED) is 0.841. The van der Waals surface area contributed by atoms with Gasteiger partial charge in [-0.1, -0.05) is 18.2 Å². The normalized spacial score (nSPS) is 10.4. The molecule has 2 N–H and O–H groups in total. The van der Waals surface area contributed by atoms with Crippen LogP contribution in [0.4, 0.5) is 10.1 Å². The molecule has 0 saturated heterocycles. The summed E-state index contributed by atoms with van der Waals surface area (Å²) in [5, 5.41) is 0. The summed E-state index contributed by atoms with van der Waals surface area (Å²) in [6.07, 6.45) is 0. The second-order valence-electron chi connectivity index (χ2n) is 4.19. The lowest BCUT2D eigenvalue weighted by atomic mass is 10.2. The topological polar surface area (TPSA) is 44.5 Å². The minimum atomic E-state index is -0.323. The summed E-state index contributed by atoms with van der Waals surface area (Å²) in [6.45, 7) is 0.645. The van der Waals surface area contributed by atoms with Crippen LogP contribution in [-0.2, 0) is 18.0 Å². The van der Waals surface area contributed by atoms with E-state index >= 15 is 0 Å². The number of ether oxygens (including phenoxy) is 2. The van der Waals surface area contributed by atoms with Crippen LogP contribution in [-0.4, -0.2) is 7.11 Å². The number of methoxy groups -OCH3 is 1. The van der Waals surface area contributed by atoms with Crippen molar-refractivity contribution in [1.29, 1.82) is 0 Å². The predicted molar refractivity (Wildman–Crippen MR) is 72.3 cm³/mol. The largest absolute Gasteiger partial charge is 0.497 e. The highest BCUT2D eigenvalue weighted by atomic mass is 19.1. The average Bonchev–Trinajstić information content (AvgIpc) is 2.42. The summed E-state index contributed by atoms with van der Waals surface area (Å²) in [4.78, 5) is 0. The summed E-state index contributed by atoms with van der Waals surface area (Å²) in [5.41, 5.74) is 7.82. The van der Waals surface area contributed by atoms with Crippen molar-refractivity contribution >= 4 is 5.69 Å². The minimum absolute atomic E-state index is 0.222. The number of anilines is 1. The van der Waals surface area contributed by atoms with Gasteiger partial charge in [0.1, 0.15) is 11.6 Å². The lowest BCUT2D eigenvalue weighted by Crippen LogP contribution is -1.98. The van der Waals surface area contributed by atoms with Gasteiger partial charge in [0.15, 0.2) is 0 Å². The van der Waals surface area contributed by atoms with Crippen molar-refractivity contribution in [2.75, 3.05) is 12.8 Å². The van der Waals surface area contributed by atoms with Gasteiger partial charge in [0.05, 0.1) is 20.3 Å². The minimum Gasteiger partial charge on any atom is -0.497 e. The van der Waals surface area contributed by atoms with Gasteiger partial charge < -0.3 is 15.2 Å². The van der Waals surface area contributed by atoms with E-state index in [9.17, 15) is 4.39 Å². The summed E-state index contributed by atoms with van der Waals surface area (Å²) in [6, 6.07) is 12.1. The Hall–Kier alpha value is -2.07. The van der Waals surface area contributed by atoms with Crippen LogP contribution in [0.1, 0.15) is 11.1 Å². The van der Waals surface area contributed by atoms with E-state index in [1.807, 2.05) is 24.3 Å². The number of rotatable bonds is 5. The third-order valence-corrected chi connectivity index (χ3v) is 2.77. The second-order valence-corrected chi connectivity index (χ2v) is 4.19. The van der Waals surface area contributed by atoms with Crippen LogP contribution in [0, 0.1) is 5.82 Å². The summed E-state index contributed by atoms with van der Waals surface area (Å²) in [5.74, 6) is 0.177. The van der Waals surface area contributed by atoms with Gasteiger partial charge >= 0.3 is 0 Å². The van der Waals surface area contributed by atoms with Crippen LogP contribution in [0.25, 0.3) is 0 Å². The molecule has 0 atom stereocenters. The van der Waals surface area contributed by atoms with Gasteiger partial charge in [0.2, 0.25) is 0 Å². The Morgan fingerprint density at radius 3 is 2.42 bits per heavy atom. The molecular formula is C15H16FNO2. The Morgan fingerprint density at radius 2 is 1.79 bits per heavy atom. The van der Waals surface area contributed by atoms with Gasteiger partial charge in [-0.2, -0.15) is 0 Å². The molecule has 0 unspecified atom stereocenters. The molecule has 19 heavy (non-hydrogen) atoms. The first kappa shape index (κ1) is 13.4. The van der Waals surface area contributed by atoms with E-state index in [0.717, 1.165) is 5.56 Å². The molecule has 0 bridgehead atoms. The van der Waals surface area contributed by atoms with Crippen LogP contribution in [0.15, 0.2) is 42.5 Å². The predicted octanol–water partition coefficient (Wildman–Crippen LogP) is 3.13. The summed E-state index contributed by atoms with van der Waals surface area (Å²) < 4.78 is 24.1. The maximum Gasteiger partial charge on any atom is 0.132 e. The molecule has 0 aromatic heterocycles. The van der Waals surface area contributed by atoms with Crippen LogP contribution in [0.3, 0.4) is 0 Å². The number of halogens is 1. The van der Waals surface area contributed by atoms with Crippen molar-refractivity contribution in [2.45, 2.75) is 13.2 Å². The molecule has 4 heteroatoms. The SMILES string of the molecule is COc1ccc(COCc2ccc(N)cc2)c(F)c1. The fourth-order valence-electron chi connectivity index (χ4n) is 1.66. The first-order valence-electron chi connectivity index (χ1n) is 5.93. The Labute approximate surface area is 111 Å². The maximum absolute atomic E-state index is 13.6. The zero-order valence-corrected chi connectivity index (χ0v) is 10.7. The number of benzene rings is 2. The van der Waals surface area contributed by atoms with E-state index in [-0.39, 0.29) is 12.4 Å². The smallest absolute Gasteiger partial charge is 0.132 e. The van der Waals surface area contributed by atoms with Gasteiger partial charge in [0.25, 0.3) is 0 Å². The maximum atomic E-state index is 13.6. The third-order valence-electron chi connectivity index (χ3n) is 2.77. The Morgan fingerprint density at radius 1 is 1.05 bits per heavy atom. The highest BCUT2D eigenvalue weighted by molar-refractivity contribution is 5.39. The fourth-order valence-corrected chi connectivity index (χ4v) is 1.66. The zero-order valence-electron chi connectivity index (χ0n) is 10.7. The van der Waals surface area contributed by atoms with Gasteiger partial charge in [-0.15, -0.1) is 0 Å². The molecule has 100 valence electrons. The molecular weight excluding hydrogens is 245 g/mol. The van der Waals surface area contributed by atoms with Crippen molar-refractivity contribution < 1.29 is 13.9 Å². The molecule has 0 fully saturated rings. The molecule has 0 spiro atoms. The Bertz CT molecular complexity index is 540. The number of hydrogen-bond donors (Lipinski definition) is 1. The van der Waals surface area contributed by atoms with Crippen molar-refractivity contribution in [3.05, 3.63) is 59.4 Å². The van der Waals surface area contributed by atoms with Crippen LogP contribution < -0.4 is 10.5 Å². The monoisotopic (exact) mass is 261 g/mol. The molecule has 2 rings (SSSR count). The van der Waals surface area contributed by atoms with E-state index < -0.39 is 0 Å². The van der Waals surface area contributed by atoms with Crippen LogP contribution >= 0.6 is 0 Å². The first-order valence-corrected chi connectivity index (χ1v) is 5.93. The van der Waals surface area contributed by atoms with Crippen molar-refractivity contribution in [3.63, 3.8) is 0 Å². The Balaban J connectivity index is 1.90. The summed E-state index contributed by atoms with van der Waals surface area (Å²) in [7, 11) is 1.51. The van der Waals surface area contributed by atoms with Gasteiger partial charge in [0, 0.05) is 17.3 Å². The van der Waals surface area contributed by atoms with Crippen molar-refractivity contribution in [3.8, 4) is 5.75 Å². The van der Waals surface area contributed by atoms with Crippen molar-refractivity contribution in [1.82, 2.24) is 0 Å². The highest BCUT2D eigenvalue weighted by Gasteiger charge is 2.04. The molecule has 0 aliphatic heterocycles. The molecule has 0 aliphatic rings. The lowest BCUT2D eigenvalue weighted by molar-refractivity contribution is 0.105. The van der Waals surface area contributed by atoms with Gasteiger partial charge in [-0.05, 0) is 23.8 Å². The highest BCUT2D eigenvalue weighted by Crippen LogP contribution is 2.17. The van der Waals surface area contributed by atoms with Crippen molar-refractivity contribution in [2.24, 2.45) is 0 Å². The van der Waals surface area contributed by atoms with E-state index in [1.165, 1.54) is 13.2 Å². The molecule has 0 radical (unpaired) electrons. The molecule has 0 aliphatic carbocycles. The molecule has 2 aromatic carbocycles. The summed E-state index contributed by atoms with van der Waals surface area (Å²) >= 11 is 0.